The number of fused-ring (bicyclic) bond motifs is 1. The van der Waals surface area contributed by atoms with E-state index in [1.807, 2.05) is 24.4 Å². The monoisotopic (exact) mass is 484 g/mol. The predicted molar refractivity (Wildman–Crippen MR) is 127 cm³/mol. The second kappa shape index (κ2) is 10.3. The summed E-state index contributed by atoms with van der Waals surface area (Å²) < 4.78 is 12.4. The number of aryl methyl sites for hydroxylation is 1. The summed E-state index contributed by atoms with van der Waals surface area (Å²) in [5, 5.41) is 6.87. The molecule has 4 rings (SSSR count). The maximum atomic E-state index is 13.2. The summed E-state index contributed by atoms with van der Waals surface area (Å²) in [7, 11) is 0. The fourth-order valence-corrected chi connectivity index (χ4v) is 4.81. The summed E-state index contributed by atoms with van der Waals surface area (Å²) in [6.45, 7) is 7.11. The van der Waals surface area contributed by atoms with Crippen LogP contribution < -0.4 is 0 Å². The Kier molecular flexibility index (Phi) is 7.26. The van der Waals surface area contributed by atoms with Crippen molar-refractivity contribution in [1.82, 2.24) is 19.7 Å². The van der Waals surface area contributed by atoms with Gasteiger partial charge in [0.25, 0.3) is 5.91 Å². The lowest BCUT2D eigenvalue weighted by molar-refractivity contribution is -0.152. The van der Waals surface area contributed by atoms with E-state index in [2.05, 4.69) is 5.10 Å². The maximum Gasteiger partial charge on any atom is 0.339 e. The van der Waals surface area contributed by atoms with Gasteiger partial charge in [0, 0.05) is 19.6 Å². The Balaban J connectivity index is 1.49. The third-order valence-electron chi connectivity index (χ3n) is 5.96. The van der Waals surface area contributed by atoms with Crippen LogP contribution in [0.15, 0.2) is 29.8 Å². The third kappa shape index (κ3) is 4.82. The van der Waals surface area contributed by atoms with E-state index in [0.717, 1.165) is 4.88 Å². The molecule has 1 atom stereocenters. The predicted octanol–water partition coefficient (Wildman–Crippen LogP) is 3.53. The van der Waals surface area contributed by atoms with Crippen molar-refractivity contribution in [3.63, 3.8) is 0 Å². The molecule has 180 valence electrons. The van der Waals surface area contributed by atoms with Crippen molar-refractivity contribution in [2.75, 3.05) is 19.7 Å². The highest BCUT2D eigenvalue weighted by Crippen LogP contribution is 2.29. The summed E-state index contributed by atoms with van der Waals surface area (Å²) in [6, 6.07) is 5.56. The molecule has 34 heavy (non-hydrogen) atoms. The summed E-state index contributed by atoms with van der Waals surface area (Å²) in [5.41, 5.74) is 1.58. The van der Waals surface area contributed by atoms with Crippen molar-refractivity contribution >= 4 is 40.2 Å². The average Bonchev–Trinajstić information content (AvgIpc) is 3.53. The van der Waals surface area contributed by atoms with Crippen LogP contribution in [0.4, 0.5) is 0 Å². The first kappa shape index (κ1) is 23.9. The number of nitrogens with zero attached hydrogens (tertiary/aromatic N) is 4. The number of carbonyl (C=O) groups is 3. The number of likely N-dealkylation sites (tertiary alicyclic amines) is 1. The number of esters is 2. The molecule has 3 aromatic rings. The fraction of sp³-hybridized carbons (Fsp3) is 0.458. The van der Waals surface area contributed by atoms with Crippen molar-refractivity contribution < 1.29 is 23.9 Å². The molecule has 0 saturated carbocycles. The summed E-state index contributed by atoms with van der Waals surface area (Å²) in [4.78, 5) is 45.3. The second-order valence-corrected chi connectivity index (χ2v) is 9.08. The van der Waals surface area contributed by atoms with Crippen LogP contribution in [0.25, 0.3) is 21.6 Å². The number of hydrogen-bond acceptors (Lipinski definition) is 8. The molecule has 1 fully saturated rings. The van der Waals surface area contributed by atoms with E-state index in [-0.39, 0.29) is 17.8 Å². The van der Waals surface area contributed by atoms with Gasteiger partial charge in [-0.2, -0.15) is 5.10 Å². The lowest BCUT2D eigenvalue weighted by Gasteiger charge is -2.32. The first-order chi connectivity index (χ1) is 16.4. The van der Waals surface area contributed by atoms with Crippen LogP contribution >= 0.6 is 11.3 Å². The molecule has 1 saturated heterocycles. The van der Waals surface area contributed by atoms with E-state index in [0.29, 0.717) is 61.4 Å². The molecule has 1 aliphatic rings. The smallest absolute Gasteiger partial charge is 0.339 e. The lowest BCUT2D eigenvalue weighted by atomic mass is 9.97. The molecule has 1 aliphatic heterocycles. The number of pyridine rings is 1. The quantitative estimate of drug-likeness (QED) is 0.473. The SMILES string of the molecule is CCOC(=O)C1CCN(C(=O)[C@H](C)OC(=O)c2cc(-c3cccs3)nc3c2cnn3CC)CC1. The van der Waals surface area contributed by atoms with Gasteiger partial charge in [0.2, 0.25) is 0 Å². The van der Waals surface area contributed by atoms with Crippen molar-refractivity contribution in [1.29, 1.82) is 0 Å². The van der Waals surface area contributed by atoms with Crippen molar-refractivity contribution in [2.45, 2.75) is 46.3 Å². The van der Waals surface area contributed by atoms with E-state index >= 15 is 0 Å². The van der Waals surface area contributed by atoms with Crippen molar-refractivity contribution in [2.24, 2.45) is 5.92 Å². The minimum absolute atomic E-state index is 0.197. The Morgan fingerprint density at radius 3 is 2.65 bits per heavy atom. The highest BCUT2D eigenvalue weighted by Gasteiger charge is 2.32. The van der Waals surface area contributed by atoms with Gasteiger partial charge in [0.05, 0.1) is 40.2 Å². The molecule has 0 aromatic carbocycles. The van der Waals surface area contributed by atoms with Crippen LogP contribution in [-0.4, -0.2) is 63.3 Å². The zero-order valence-corrected chi connectivity index (χ0v) is 20.3. The first-order valence-corrected chi connectivity index (χ1v) is 12.4. The molecule has 0 N–H and O–H groups in total. The van der Waals surface area contributed by atoms with Gasteiger partial charge in [-0.3, -0.25) is 9.59 Å². The summed E-state index contributed by atoms with van der Waals surface area (Å²) in [5.74, 6) is -1.28. The van der Waals surface area contributed by atoms with Crippen LogP contribution in [0.1, 0.15) is 44.0 Å². The molecule has 10 heteroatoms. The van der Waals surface area contributed by atoms with E-state index in [9.17, 15) is 14.4 Å². The van der Waals surface area contributed by atoms with Gasteiger partial charge in [-0.05, 0) is 51.1 Å². The Morgan fingerprint density at radius 2 is 2.00 bits per heavy atom. The summed E-state index contributed by atoms with van der Waals surface area (Å²) in [6.07, 6.45) is 1.72. The van der Waals surface area contributed by atoms with E-state index in [4.69, 9.17) is 14.5 Å². The van der Waals surface area contributed by atoms with Crippen molar-refractivity contribution in [3.8, 4) is 10.6 Å². The van der Waals surface area contributed by atoms with E-state index < -0.39 is 12.1 Å². The Hall–Kier alpha value is -3.27. The maximum absolute atomic E-state index is 13.2. The zero-order chi connectivity index (χ0) is 24.2. The van der Waals surface area contributed by atoms with Gasteiger partial charge in [0.1, 0.15) is 0 Å². The molecule has 9 nitrogen and oxygen atoms in total. The topological polar surface area (TPSA) is 104 Å². The number of hydrogen-bond donors (Lipinski definition) is 0. The molecule has 1 amide bonds. The largest absolute Gasteiger partial charge is 0.466 e. The molecule has 0 bridgehead atoms. The van der Waals surface area contributed by atoms with Gasteiger partial charge in [-0.1, -0.05) is 6.07 Å². The van der Waals surface area contributed by atoms with Crippen molar-refractivity contribution in [3.05, 3.63) is 35.3 Å². The molecular formula is C24H28N4O5S. The van der Waals surface area contributed by atoms with Crippen LogP contribution in [-0.2, 0) is 25.6 Å². The molecule has 3 aromatic heterocycles. The Bertz CT molecular complexity index is 1180. The summed E-state index contributed by atoms with van der Waals surface area (Å²) >= 11 is 1.53. The number of piperidine rings is 1. The number of aromatic nitrogens is 3. The van der Waals surface area contributed by atoms with Crippen LogP contribution in [0, 0.1) is 5.92 Å². The highest BCUT2D eigenvalue weighted by atomic mass is 32.1. The number of rotatable bonds is 7. The van der Waals surface area contributed by atoms with Gasteiger partial charge < -0.3 is 14.4 Å². The van der Waals surface area contributed by atoms with E-state index in [1.165, 1.54) is 11.3 Å². The second-order valence-electron chi connectivity index (χ2n) is 8.13. The van der Waals surface area contributed by atoms with Gasteiger partial charge in [-0.25, -0.2) is 14.5 Å². The first-order valence-electron chi connectivity index (χ1n) is 11.5. The minimum Gasteiger partial charge on any atom is -0.466 e. The molecular weight excluding hydrogens is 456 g/mol. The number of amides is 1. The Morgan fingerprint density at radius 1 is 1.24 bits per heavy atom. The van der Waals surface area contributed by atoms with Crippen LogP contribution in [0.2, 0.25) is 0 Å². The normalized spacial score (nSPS) is 15.3. The molecule has 0 radical (unpaired) electrons. The van der Waals surface area contributed by atoms with Gasteiger partial charge in [0.15, 0.2) is 11.8 Å². The highest BCUT2D eigenvalue weighted by molar-refractivity contribution is 7.13. The van der Waals surface area contributed by atoms with Gasteiger partial charge >= 0.3 is 11.9 Å². The lowest BCUT2D eigenvalue weighted by Crippen LogP contribution is -2.45. The standard InChI is InChI=1S/C24H28N4O5S/c1-4-28-21-18(14-25-28)17(13-19(26-21)20-7-6-12-34-20)24(31)33-15(3)22(29)27-10-8-16(9-11-27)23(30)32-5-2/h6-7,12-16H,4-5,8-11H2,1-3H3/t15-/m0/s1. The number of ether oxygens (including phenoxy) is 2. The Labute approximate surface area is 201 Å². The average molecular weight is 485 g/mol. The number of carbonyl (C=O) groups excluding carboxylic acids is 3. The van der Waals surface area contributed by atoms with Crippen LogP contribution in [0.5, 0.6) is 0 Å². The third-order valence-corrected chi connectivity index (χ3v) is 6.85. The molecule has 0 aliphatic carbocycles. The molecule has 0 spiro atoms. The minimum atomic E-state index is -0.957. The van der Waals surface area contributed by atoms with Crippen LogP contribution in [0.3, 0.4) is 0 Å². The molecule has 4 heterocycles. The van der Waals surface area contributed by atoms with Gasteiger partial charge in [-0.15, -0.1) is 11.3 Å². The zero-order valence-electron chi connectivity index (χ0n) is 19.5. The fourth-order valence-electron chi connectivity index (χ4n) is 4.13. The number of thiophene rings is 1. The molecule has 0 unspecified atom stereocenters. The van der Waals surface area contributed by atoms with E-state index in [1.54, 1.807) is 35.7 Å².